The maximum absolute atomic E-state index is 11.7. The van der Waals surface area contributed by atoms with Crippen molar-refractivity contribution in [1.82, 2.24) is 0 Å². The van der Waals surface area contributed by atoms with Gasteiger partial charge in [-0.05, 0) is 45.4 Å². The lowest BCUT2D eigenvalue weighted by atomic mass is 10.2. The van der Waals surface area contributed by atoms with Gasteiger partial charge in [0.2, 0.25) is 5.91 Å². The summed E-state index contributed by atoms with van der Waals surface area (Å²) in [5.74, 6) is 0.235. The number of carbonyl (C=O) groups is 2. The fourth-order valence-corrected chi connectivity index (χ4v) is 1.86. The van der Waals surface area contributed by atoms with E-state index in [2.05, 4.69) is 10.6 Å². The number of halogens is 2. The van der Waals surface area contributed by atoms with Crippen LogP contribution in [0, 0.1) is 0 Å². The number of ether oxygens (including phenoxy) is 1. The molecule has 0 aromatic heterocycles. The number of nitrogens with one attached hydrogen (secondary N) is 2. The zero-order valence-corrected chi connectivity index (χ0v) is 14.3. The predicted octanol–water partition coefficient (Wildman–Crippen LogP) is 4.64. The van der Waals surface area contributed by atoms with Crippen molar-refractivity contribution < 1.29 is 14.3 Å². The number of benzene rings is 1. The van der Waals surface area contributed by atoms with Gasteiger partial charge in [-0.25, -0.2) is 4.79 Å². The van der Waals surface area contributed by atoms with Crippen molar-refractivity contribution in [2.24, 2.45) is 0 Å². The van der Waals surface area contributed by atoms with Crippen LogP contribution in [0.1, 0.15) is 33.6 Å². The van der Waals surface area contributed by atoms with Gasteiger partial charge in [-0.1, -0.05) is 11.6 Å². The highest BCUT2D eigenvalue weighted by molar-refractivity contribution is 6.33. The number of hydrogen-bond acceptors (Lipinski definition) is 3. The first kappa shape index (κ1) is 18.6. The Hall–Kier alpha value is -1.46. The maximum atomic E-state index is 11.7. The molecule has 0 saturated carbocycles. The van der Waals surface area contributed by atoms with E-state index >= 15 is 0 Å². The number of carbonyl (C=O) groups excluding carboxylic acids is 2. The highest BCUT2D eigenvalue weighted by Crippen LogP contribution is 2.26. The lowest BCUT2D eigenvalue weighted by molar-refractivity contribution is -0.116. The molecule has 1 aromatic carbocycles. The van der Waals surface area contributed by atoms with Crippen LogP contribution in [0.3, 0.4) is 0 Å². The molecule has 1 rings (SSSR count). The minimum absolute atomic E-state index is 0.183. The fourth-order valence-electron chi connectivity index (χ4n) is 1.56. The highest BCUT2D eigenvalue weighted by atomic mass is 35.5. The second kappa shape index (κ2) is 8.25. The minimum atomic E-state index is -0.588. The van der Waals surface area contributed by atoms with E-state index in [1.54, 1.807) is 39.0 Å². The van der Waals surface area contributed by atoms with Gasteiger partial charge in [-0.3, -0.25) is 10.1 Å². The summed E-state index contributed by atoms with van der Waals surface area (Å²) in [5.41, 5.74) is 0.316. The van der Waals surface area contributed by atoms with Gasteiger partial charge in [0.1, 0.15) is 5.60 Å². The average molecular weight is 347 g/mol. The molecule has 0 unspecified atom stereocenters. The van der Waals surface area contributed by atoms with E-state index in [-0.39, 0.29) is 5.91 Å². The Balaban J connectivity index is 2.73. The van der Waals surface area contributed by atoms with E-state index in [9.17, 15) is 9.59 Å². The van der Waals surface area contributed by atoms with E-state index in [0.29, 0.717) is 35.1 Å². The van der Waals surface area contributed by atoms with Gasteiger partial charge in [0.25, 0.3) is 0 Å². The summed E-state index contributed by atoms with van der Waals surface area (Å²) in [6, 6.07) is 4.79. The predicted molar refractivity (Wildman–Crippen MR) is 89.9 cm³/mol. The molecule has 122 valence electrons. The van der Waals surface area contributed by atoms with Crippen LogP contribution in [-0.2, 0) is 9.53 Å². The molecule has 7 heteroatoms. The largest absolute Gasteiger partial charge is 0.444 e. The monoisotopic (exact) mass is 346 g/mol. The maximum Gasteiger partial charge on any atom is 0.412 e. The van der Waals surface area contributed by atoms with E-state index in [1.807, 2.05) is 0 Å². The molecule has 0 radical (unpaired) electrons. The smallest absolute Gasteiger partial charge is 0.412 e. The fraction of sp³-hybridized carbons (Fsp3) is 0.467. The number of alkyl halides is 1. The topological polar surface area (TPSA) is 67.4 Å². The van der Waals surface area contributed by atoms with Crippen molar-refractivity contribution in [3.63, 3.8) is 0 Å². The summed E-state index contributed by atoms with van der Waals surface area (Å²) >= 11 is 11.6. The number of hydrogen-bond donors (Lipinski definition) is 2. The normalized spacial score (nSPS) is 11.0. The van der Waals surface area contributed by atoms with Crippen molar-refractivity contribution in [3.05, 3.63) is 23.2 Å². The number of anilines is 2. The molecule has 0 aliphatic carbocycles. The minimum Gasteiger partial charge on any atom is -0.444 e. The summed E-state index contributed by atoms with van der Waals surface area (Å²) in [6.07, 6.45) is 0.318. The van der Waals surface area contributed by atoms with Gasteiger partial charge in [0.05, 0.1) is 10.7 Å². The van der Waals surface area contributed by atoms with E-state index in [4.69, 9.17) is 27.9 Å². The van der Waals surface area contributed by atoms with Crippen molar-refractivity contribution in [1.29, 1.82) is 0 Å². The van der Waals surface area contributed by atoms with Crippen LogP contribution < -0.4 is 10.6 Å². The van der Waals surface area contributed by atoms with Gasteiger partial charge < -0.3 is 10.1 Å². The van der Waals surface area contributed by atoms with Gasteiger partial charge >= 0.3 is 6.09 Å². The Morgan fingerprint density at radius 1 is 1.23 bits per heavy atom. The third kappa shape index (κ3) is 7.00. The molecule has 1 aromatic rings. The first-order valence-corrected chi connectivity index (χ1v) is 7.78. The first-order chi connectivity index (χ1) is 10.2. The Morgan fingerprint density at radius 3 is 2.50 bits per heavy atom. The summed E-state index contributed by atoms with van der Waals surface area (Å²) in [5, 5.41) is 5.66. The first-order valence-electron chi connectivity index (χ1n) is 6.86. The van der Waals surface area contributed by atoms with Crippen LogP contribution in [0.4, 0.5) is 16.2 Å². The van der Waals surface area contributed by atoms with Gasteiger partial charge in [-0.15, -0.1) is 11.6 Å². The Kier molecular flexibility index (Phi) is 6.97. The molecular formula is C15H20Cl2N2O3. The van der Waals surface area contributed by atoms with Crippen molar-refractivity contribution in [3.8, 4) is 0 Å². The number of rotatable bonds is 5. The van der Waals surface area contributed by atoms with Gasteiger partial charge in [0.15, 0.2) is 0 Å². The summed E-state index contributed by atoms with van der Waals surface area (Å²) < 4.78 is 5.16. The van der Waals surface area contributed by atoms with Crippen LogP contribution >= 0.6 is 23.2 Å². The zero-order chi connectivity index (χ0) is 16.8. The quantitative estimate of drug-likeness (QED) is 0.762. The van der Waals surface area contributed by atoms with Gasteiger partial charge in [-0.2, -0.15) is 0 Å². The molecule has 0 bridgehead atoms. The molecule has 0 atom stereocenters. The second-order valence-corrected chi connectivity index (χ2v) is 6.45. The SMILES string of the molecule is CC(C)(C)OC(=O)Nc1ccc(Cl)c(NC(=O)CCCCl)c1. The summed E-state index contributed by atoms with van der Waals surface area (Å²) in [4.78, 5) is 23.4. The molecule has 2 amide bonds. The van der Waals surface area contributed by atoms with Gasteiger partial charge in [0, 0.05) is 18.0 Å². The molecule has 0 spiro atoms. The summed E-state index contributed by atoms with van der Waals surface area (Å²) in [6.45, 7) is 5.32. The zero-order valence-electron chi connectivity index (χ0n) is 12.8. The molecule has 0 saturated heterocycles. The standard InChI is InChI=1S/C15H20Cl2N2O3/c1-15(2,3)22-14(21)18-10-6-7-11(17)12(9-10)19-13(20)5-4-8-16/h6-7,9H,4-5,8H2,1-3H3,(H,18,21)(H,19,20). The van der Waals surface area contributed by atoms with Crippen molar-refractivity contribution in [2.45, 2.75) is 39.2 Å². The number of amides is 2. The average Bonchev–Trinajstić information content (AvgIpc) is 2.38. The Morgan fingerprint density at radius 2 is 1.91 bits per heavy atom. The van der Waals surface area contributed by atoms with Crippen LogP contribution in [0.15, 0.2) is 18.2 Å². The van der Waals surface area contributed by atoms with Crippen LogP contribution in [0.25, 0.3) is 0 Å². The third-order valence-corrected chi connectivity index (χ3v) is 3.02. The molecular weight excluding hydrogens is 327 g/mol. The van der Waals surface area contributed by atoms with E-state index in [0.717, 1.165) is 0 Å². The lowest BCUT2D eigenvalue weighted by Crippen LogP contribution is -2.27. The molecule has 22 heavy (non-hydrogen) atoms. The Bertz CT molecular complexity index is 542. The van der Waals surface area contributed by atoms with E-state index < -0.39 is 11.7 Å². The molecule has 0 fully saturated rings. The van der Waals surface area contributed by atoms with Crippen LogP contribution in [-0.4, -0.2) is 23.5 Å². The van der Waals surface area contributed by atoms with Crippen LogP contribution in [0.5, 0.6) is 0 Å². The third-order valence-electron chi connectivity index (χ3n) is 2.42. The second-order valence-electron chi connectivity index (χ2n) is 5.66. The highest BCUT2D eigenvalue weighted by Gasteiger charge is 2.16. The van der Waals surface area contributed by atoms with E-state index in [1.165, 1.54) is 0 Å². The van der Waals surface area contributed by atoms with Crippen molar-refractivity contribution in [2.75, 3.05) is 16.5 Å². The molecule has 0 heterocycles. The lowest BCUT2D eigenvalue weighted by Gasteiger charge is -2.20. The molecule has 0 aliphatic rings. The van der Waals surface area contributed by atoms with Crippen molar-refractivity contribution >= 4 is 46.6 Å². The summed E-state index contributed by atoms with van der Waals surface area (Å²) in [7, 11) is 0. The molecule has 2 N–H and O–H groups in total. The molecule has 0 aliphatic heterocycles. The molecule has 5 nitrogen and oxygen atoms in total. The Labute approximate surface area is 140 Å². The van der Waals surface area contributed by atoms with Crippen LogP contribution in [0.2, 0.25) is 5.02 Å².